The topological polar surface area (TPSA) is 80.9 Å². The van der Waals surface area contributed by atoms with Crippen LogP contribution in [0.2, 0.25) is 0 Å². The number of aliphatic hydroxyl groups is 1. The van der Waals surface area contributed by atoms with Gasteiger partial charge in [-0.2, -0.15) is 0 Å². The quantitative estimate of drug-likeness (QED) is 0.580. The van der Waals surface area contributed by atoms with E-state index in [1.807, 2.05) is 18.2 Å². The summed E-state index contributed by atoms with van der Waals surface area (Å²) in [6, 6.07) is 5.97. The van der Waals surface area contributed by atoms with Gasteiger partial charge in [-0.05, 0) is 43.5 Å². The van der Waals surface area contributed by atoms with Gasteiger partial charge in [-0.3, -0.25) is 0 Å². The summed E-state index contributed by atoms with van der Waals surface area (Å²) in [5.41, 5.74) is 2.90. The highest BCUT2D eigenvalue weighted by Gasteiger charge is 2.41. The molecule has 0 spiro atoms. The third-order valence-corrected chi connectivity index (χ3v) is 3.96. The molecule has 0 atom stereocenters. The van der Waals surface area contributed by atoms with Crippen LogP contribution in [0.4, 0.5) is 0 Å². The Morgan fingerprint density at radius 3 is 2.79 bits per heavy atom. The number of H-pyrrole nitrogens is 2. The second kappa shape index (κ2) is 4.83. The second-order valence-corrected chi connectivity index (χ2v) is 5.54. The summed E-state index contributed by atoms with van der Waals surface area (Å²) in [5, 5.41) is 12.6. The van der Waals surface area contributed by atoms with Crippen LogP contribution in [-0.2, 0) is 6.42 Å². The maximum Gasteiger partial charge on any atom is 0.323 e. The van der Waals surface area contributed by atoms with Crippen LogP contribution in [0.25, 0.3) is 11.0 Å². The summed E-state index contributed by atoms with van der Waals surface area (Å²) in [5.74, 6) is 0. The minimum absolute atomic E-state index is 0.163. The number of nitrogens with one attached hydrogen (secondary N) is 3. The van der Waals surface area contributed by atoms with Gasteiger partial charge in [0.15, 0.2) is 0 Å². The van der Waals surface area contributed by atoms with Gasteiger partial charge in [-0.1, -0.05) is 6.07 Å². The molecule has 1 saturated carbocycles. The van der Waals surface area contributed by atoms with Crippen LogP contribution in [0.5, 0.6) is 0 Å². The van der Waals surface area contributed by atoms with Crippen molar-refractivity contribution < 1.29 is 5.11 Å². The van der Waals surface area contributed by atoms with Crippen molar-refractivity contribution in [2.75, 3.05) is 19.7 Å². The molecule has 0 bridgehead atoms. The van der Waals surface area contributed by atoms with Crippen molar-refractivity contribution in [3.05, 3.63) is 34.2 Å². The number of rotatable bonds is 6. The summed E-state index contributed by atoms with van der Waals surface area (Å²) in [7, 11) is 0. The van der Waals surface area contributed by atoms with Crippen molar-refractivity contribution in [1.29, 1.82) is 0 Å². The first-order valence-corrected chi connectivity index (χ1v) is 6.73. The first-order chi connectivity index (χ1) is 9.21. The van der Waals surface area contributed by atoms with Crippen LogP contribution < -0.4 is 11.0 Å². The Morgan fingerprint density at radius 2 is 2.05 bits per heavy atom. The number of aromatic nitrogens is 2. The maximum atomic E-state index is 11.2. The lowest BCUT2D eigenvalue weighted by Gasteiger charge is -2.12. The van der Waals surface area contributed by atoms with Crippen molar-refractivity contribution in [2.45, 2.75) is 19.3 Å². The van der Waals surface area contributed by atoms with Gasteiger partial charge in [0.1, 0.15) is 0 Å². The fourth-order valence-electron chi connectivity index (χ4n) is 2.39. The molecular weight excluding hydrogens is 242 g/mol. The first kappa shape index (κ1) is 12.4. The third-order valence-electron chi connectivity index (χ3n) is 3.96. The molecule has 0 aliphatic heterocycles. The van der Waals surface area contributed by atoms with Crippen LogP contribution >= 0.6 is 0 Å². The Hall–Kier alpha value is -1.59. The molecule has 4 N–H and O–H groups in total. The Kier molecular flexibility index (Phi) is 3.16. The van der Waals surface area contributed by atoms with E-state index < -0.39 is 0 Å². The van der Waals surface area contributed by atoms with Crippen molar-refractivity contribution in [1.82, 2.24) is 15.3 Å². The number of imidazole rings is 1. The molecule has 5 nitrogen and oxygen atoms in total. The molecule has 1 fully saturated rings. The van der Waals surface area contributed by atoms with E-state index in [4.69, 9.17) is 0 Å². The lowest BCUT2D eigenvalue weighted by molar-refractivity contribution is 0.208. The highest BCUT2D eigenvalue weighted by atomic mass is 16.3. The molecular formula is C14H19N3O2. The van der Waals surface area contributed by atoms with E-state index >= 15 is 0 Å². The average molecular weight is 261 g/mol. The Bertz CT molecular complexity index is 625. The molecule has 3 rings (SSSR count). The molecule has 0 radical (unpaired) electrons. The molecule has 19 heavy (non-hydrogen) atoms. The Balaban J connectivity index is 1.55. The summed E-state index contributed by atoms with van der Waals surface area (Å²) in [4.78, 5) is 16.7. The van der Waals surface area contributed by atoms with E-state index in [1.165, 1.54) is 5.56 Å². The van der Waals surface area contributed by atoms with Gasteiger partial charge >= 0.3 is 5.69 Å². The number of fused-ring (bicyclic) bond motifs is 1. The smallest absolute Gasteiger partial charge is 0.323 e. The zero-order valence-electron chi connectivity index (χ0n) is 10.8. The average Bonchev–Trinajstić information content (AvgIpc) is 3.09. The normalized spacial score (nSPS) is 16.9. The van der Waals surface area contributed by atoms with Crippen LogP contribution in [0, 0.1) is 5.41 Å². The largest absolute Gasteiger partial charge is 0.396 e. The highest BCUT2D eigenvalue weighted by molar-refractivity contribution is 5.74. The summed E-state index contributed by atoms with van der Waals surface area (Å²) < 4.78 is 0. The summed E-state index contributed by atoms with van der Waals surface area (Å²) >= 11 is 0. The fourth-order valence-corrected chi connectivity index (χ4v) is 2.39. The Labute approximate surface area is 111 Å². The van der Waals surface area contributed by atoms with Crippen LogP contribution in [0.3, 0.4) is 0 Å². The van der Waals surface area contributed by atoms with Crippen molar-refractivity contribution in [3.8, 4) is 0 Å². The van der Waals surface area contributed by atoms with Gasteiger partial charge in [0, 0.05) is 18.6 Å². The van der Waals surface area contributed by atoms with Crippen LogP contribution in [0.1, 0.15) is 18.4 Å². The van der Waals surface area contributed by atoms with Gasteiger partial charge < -0.3 is 20.4 Å². The predicted octanol–water partition coefficient (Wildman–Crippen LogP) is 0.761. The number of hydrogen-bond acceptors (Lipinski definition) is 3. The summed E-state index contributed by atoms with van der Waals surface area (Å²) in [6.45, 7) is 2.07. The maximum absolute atomic E-state index is 11.2. The molecule has 0 unspecified atom stereocenters. The molecule has 0 amide bonds. The molecule has 1 aromatic heterocycles. The highest BCUT2D eigenvalue weighted by Crippen LogP contribution is 2.44. The second-order valence-electron chi connectivity index (χ2n) is 5.54. The standard InChI is InChI=1S/C14H19N3O2/c18-9-14(4-5-14)8-15-6-3-10-1-2-11-12(7-10)17-13(19)16-11/h1-2,7,15,18H,3-6,8-9H2,(H2,16,17,19). The minimum atomic E-state index is -0.163. The van der Waals surface area contributed by atoms with Gasteiger partial charge in [-0.25, -0.2) is 4.79 Å². The molecule has 1 aliphatic carbocycles. The minimum Gasteiger partial charge on any atom is -0.396 e. The van der Waals surface area contributed by atoms with Crippen LogP contribution in [0.15, 0.2) is 23.0 Å². The first-order valence-electron chi connectivity index (χ1n) is 6.73. The molecule has 1 heterocycles. The fraction of sp³-hybridized carbons (Fsp3) is 0.500. The van der Waals surface area contributed by atoms with E-state index in [-0.39, 0.29) is 17.7 Å². The summed E-state index contributed by atoms with van der Waals surface area (Å²) in [6.07, 6.45) is 3.19. The predicted molar refractivity (Wildman–Crippen MR) is 74.2 cm³/mol. The lowest BCUT2D eigenvalue weighted by Crippen LogP contribution is -2.28. The molecule has 1 aliphatic rings. The van der Waals surface area contributed by atoms with Gasteiger partial charge in [0.05, 0.1) is 11.0 Å². The molecule has 102 valence electrons. The molecule has 2 aromatic rings. The monoisotopic (exact) mass is 261 g/mol. The van der Waals surface area contributed by atoms with Gasteiger partial charge in [0.25, 0.3) is 0 Å². The van der Waals surface area contributed by atoms with Crippen LogP contribution in [-0.4, -0.2) is 34.8 Å². The van der Waals surface area contributed by atoms with E-state index in [1.54, 1.807) is 0 Å². The zero-order valence-corrected chi connectivity index (χ0v) is 10.8. The zero-order chi connectivity index (χ0) is 13.3. The number of hydrogen-bond donors (Lipinski definition) is 4. The SMILES string of the molecule is O=c1[nH]c2ccc(CCNCC3(CO)CC3)cc2[nH]1. The third kappa shape index (κ3) is 2.72. The van der Waals surface area contributed by atoms with Gasteiger partial charge in [-0.15, -0.1) is 0 Å². The number of benzene rings is 1. The number of aromatic amines is 2. The molecule has 1 aromatic carbocycles. The van der Waals surface area contributed by atoms with E-state index in [0.717, 1.165) is 43.4 Å². The lowest BCUT2D eigenvalue weighted by atomic mass is 10.1. The van der Waals surface area contributed by atoms with Crippen molar-refractivity contribution >= 4 is 11.0 Å². The van der Waals surface area contributed by atoms with Crippen molar-refractivity contribution in [3.63, 3.8) is 0 Å². The van der Waals surface area contributed by atoms with E-state index in [2.05, 4.69) is 15.3 Å². The van der Waals surface area contributed by atoms with Crippen molar-refractivity contribution in [2.24, 2.45) is 5.41 Å². The van der Waals surface area contributed by atoms with E-state index in [9.17, 15) is 9.90 Å². The Morgan fingerprint density at radius 1 is 1.26 bits per heavy atom. The van der Waals surface area contributed by atoms with E-state index in [0.29, 0.717) is 0 Å². The van der Waals surface area contributed by atoms with Gasteiger partial charge in [0.2, 0.25) is 0 Å². The number of aliphatic hydroxyl groups excluding tert-OH is 1. The molecule has 0 saturated heterocycles. The molecule has 5 heteroatoms.